The first-order valence-corrected chi connectivity index (χ1v) is 28.0. The van der Waals surface area contributed by atoms with E-state index in [1.807, 2.05) is 88.4 Å². The third kappa shape index (κ3) is 8.71. The Morgan fingerprint density at radius 3 is 1.08 bits per heavy atom. The molecule has 0 atom stereocenters. The highest BCUT2D eigenvalue weighted by Gasteiger charge is 2.41. The van der Waals surface area contributed by atoms with Crippen molar-refractivity contribution >= 4 is 50.6 Å². The van der Waals surface area contributed by atoms with Gasteiger partial charge in [-0.25, -0.2) is 44.9 Å². The lowest BCUT2D eigenvalue weighted by Crippen LogP contribution is -2.74. The summed E-state index contributed by atoms with van der Waals surface area (Å²) in [7, 11) is -2.89. The fraction of sp³-hybridized carbons (Fsp3) is 0.0597. The lowest BCUT2D eigenvalue weighted by Gasteiger charge is -2.34. The second-order valence-electron chi connectivity index (χ2n) is 19.5. The van der Waals surface area contributed by atoms with Crippen LogP contribution >= 0.6 is 0 Å². The topological polar surface area (TPSA) is 121 Å². The predicted octanol–water partition coefficient (Wildman–Crippen LogP) is 12.0. The van der Waals surface area contributed by atoms with E-state index < -0.39 is 8.07 Å². The number of benzene rings is 9. The molecule has 0 N–H and O–H groups in total. The normalized spacial score (nSPS) is 11.6. The van der Waals surface area contributed by atoms with Crippen LogP contribution in [0.25, 0.3) is 95.6 Å². The molecule has 0 saturated carbocycles. The quantitative estimate of drug-likeness (QED) is 0.0921. The molecule has 11 heteroatoms. The summed E-state index contributed by atoms with van der Waals surface area (Å²) in [5, 5.41) is 7.27. The molecule has 0 unspecified atom stereocenters. The zero-order chi connectivity index (χ0) is 52.7. The van der Waals surface area contributed by atoms with Crippen molar-refractivity contribution < 1.29 is 0 Å². The Labute approximate surface area is 453 Å². The molecule has 372 valence electrons. The summed E-state index contributed by atoms with van der Waals surface area (Å²) in [6.45, 7) is 7.61. The van der Waals surface area contributed by atoms with E-state index in [4.69, 9.17) is 34.9 Å². The maximum absolute atomic E-state index is 5.43. The zero-order valence-corrected chi connectivity index (χ0v) is 44.4. The first-order valence-electron chi connectivity index (χ1n) is 26.0. The Morgan fingerprint density at radius 1 is 0.269 bits per heavy atom. The van der Waals surface area contributed by atoms with E-state index in [0.717, 1.165) is 66.4 Å². The lowest BCUT2D eigenvalue weighted by molar-refractivity contribution is 0.928. The van der Waals surface area contributed by atoms with Crippen molar-refractivity contribution in [1.29, 1.82) is 0 Å². The van der Waals surface area contributed by atoms with Gasteiger partial charge in [-0.2, -0.15) is 0 Å². The van der Waals surface area contributed by atoms with Gasteiger partial charge in [-0.3, -0.25) is 0 Å². The van der Waals surface area contributed by atoms with Gasteiger partial charge >= 0.3 is 0 Å². The first kappa shape index (κ1) is 47.7. The molecule has 0 saturated heterocycles. The van der Waals surface area contributed by atoms with Crippen molar-refractivity contribution in [2.24, 2.45) is 0 Å². The van der Waals surface area contributed by atoms with Crippen LogP contribution in [-0.4, -0.2) is 57.5 Å². The van der Waals surface area contributed by atoms with E-state index in [2.05, 4.69) is 184 Å². The Hall–Kier alpha value is -9.97. The molecule has 0 fully saturated rings. The average molecular weight is 1020 g/mol. The highest BCUT2D eigenvalue weighted by molar-refractivity contribution is 7.19. The molecule has 10 nitrogen and oxygen atoms in total. The maximum atomic E-state index is 5.43. The standard InChI is InChI=1S/C67H50N10Si/c1-43-68-44(2)71-65(70-43)51-33-36-57-58-37-34-52(66-72-45(3)69-46(4)73-66)42-62(58)77(61(57)41-51)60-38-35-50(40-59(60)67-75-63(47-21-10-5-11-22-47)74-64(76-67)48-23-12-6-13-24-48)49-25-20-32-56(39-49)78(53-26-14-7-15-27-53,54-28-16-8-17-29-54)55-30-18-9-19-31-55/h5-42H,1-4H3. The van der Waals surface area contributed by atoms with Crippen LogP contribution in [0.4, 0.5) is 0 Å². The number of aromatic nitrogens is 10. The third-order valence-electron chi connectivity index (χ3n) is 14.4. The number of hydrogen-bond acceptors (Lipinski definition) is 9. The van der Waals surface area contributed by atoms with Gasteiger partial charge in [0.05, 0.1) is 16.7 Å². The molecule has 0 bridgehead atoms. The van der Waals surface area contributed by atoms with Gasteiger partial charge in [0.2, 0.25) is 0 Å². The van der Waals surface area contributed by atoms with Crippen molar-refractivity contribution in [1.82, 2.24) is 49.4 Å². The Balaban J connectivity index is 1.11. The van der Waals surface area contributed by atoms with Gasteiger partial charge in [0.25, 0.3) is 0 Å². The van der Waals surface area contributed by atoms with Crippen LogP contribution in [0.15, 0.2) is 231 Å². The van der Waals surface area contributed by atoms with Crippen LogP contribution in [0.2, 0.25) is 0 Å². The van der Waals surface area contributed by atoms with Gasteiger partial charge in [-0.1, -0.05) is 206 Å². The molecular formula is C67H50N10Si. The van der Waals surface area contributed by atoms with E-state index >= 15 is 0 Å². The summed E-state index contributed by atoms with van der Waals surface area (Å²) >= 11 is 0. The SMILES string of the molecule is Cc1nc(C)nc(-c2ccc3c4ccc(-c5nc(C)nc(C)n5)cc4n(-c4ccc(-c5cccc([Si](c6ccccc6)(c6ccccc6)c6ccccc6)c5)cc4-c4nc(-c5ccccc5)nc(-c5ccccc5)n4)c3c2)n1. The minimum absolute atomic E-state index is 0.520. The third-order valence-corrected chi connectivity index (χ3v) is 19.2. The molecule has 0 radical (unpaired) electrons. The molecule has 0 amide bonds. The molecule has 78 heavy (non-hydrogen) atoms. The van der Waals surface area contributed by atoms with Crippen molar-refractivity contribution in [2.75, 3.05) is 0 Å². The zero-order valence-electron chi connectivity index (χ0n) is 43.4. The van der Waals surface area contributed by atoms with Gasteiger partial charge in [-0.15, -0.1) is 0 Å². The average Bonchev–Trinajstić information content (AvgIpc) is 4.03. The second-order valence-corrected chi connectivity index (χ2v) is 23.3. The minimum atomic E-state index is -2.89. The van der Waals surface area contributed by atoms with E-state index in [1.165, 1.54) is 20.7 Å². The van der Waals surface area contributed by atoms with E-state index in [9.17, 15) is 0 Å². The van der Waals surface area contributed by atoms with Crippen LogP contribution in [-0.2, 0) is 0 Å². The van der Waals surface area contributed by atoms with E-state index in [1.54, 1.807) is 0 Å². The Bertz CT molecular complexity index is 4060. The van der Waals surface area contributed by atoms with Crippen molar-refractivity contribution in [3.63, 3.8) is 0 Å². The summed E-state index contributed by atoms with van der Waals surface area (Å²) in [5.41, 5.74) is 9.10. The minimum Gasteiger partial charge on any atom is -0.308 e. The van der Waals surface area contributed by atoms with Gasteiger partial charge in [-0.05, 0) is 83.8 Å². The number of fused-ring (bicyclic) bond motifs is 3. The number of aryl methyl sites for hydroxylation is 4. The van der Waals surface area contributed by atoms with Crippen LogP contribution < -0.4 is 20.7 Å². The summed E-state index contributed by atoms with van der Waals surface area (Å²) in [5.74, 6) is 5.47. The van der Waals surface area contributed by atoms with Crippen LogP contribution in [0, 0.1) is 27.7 Å². The van der Waals surface area contributed by atoms with E-state index in [-0.39, 0.29) is 0 Å². The molecule has 4 aromatic heterocycles. The molecule has 9 aromatic carbocycles. The van der Waals surface area contributed by atoms with Crippen LogP contribution in [0.5, 0.6) is 0 Å². The maximum Gasteiger partial charge on any atom is 0.179 e. The first-order chi connectivity index (χ1) is 38.3. The smallest absolute Gasteiger partial charge is 0.179 e. The summed E-state index contributed by atoms with van der Waals surface area (Å²) < 4.78 is 2.32. The highest BCUT2D eigenvalue weighted by atomic mass is 28.3. The lowest BCUT2D eigenvalue weighted by atomic mass is 10.0. The van der Waals surface area contributed by atoms with Crippen molar-refractivity contribution in [2.45, 2.75) is 27.7 Å². The largest absolute Gasteiger partial charge is 0.308 e. The van der Waals surface area contributed by atoms with Gasteiger partial charge in [0.1, 0.15) is 23.3 Å². The predicted molar refractivity (Wildman–Crippen MR) is 316 cm³/mol. The molecule has 0 spiro atoms. The molecule has 0 aliphatic heterocycles. The van der Waals surface area contributed by atoms with Gasteiger partial charge < -0.3 is 4.57 Å². The van der Waals surface area contributed by atoms with Crippen LogP contribution in [0.3, 0.4) is 0 Å². The summed E-state index contributed by atoms with van der Waals surface area (Å²) in [6.07, 6.45) is 0. The van der Waals surface area contributed by atoms with Gasteiger partial charge in [0, 0.05) is 38.6 Å². The number of hydrogen-bond donors (Lipinski definition) is 0. The van der Waals surface area contributed by atoms with Gasteiger partial charge in [0.15, 0.2) is 37.2 Å². The fourth-order valence-electron chi connectivity index (χ4n) is 11.1. The Morgan fingerprint density at radius 2 is 0.628 bits per heavy atom. The summed E-state index contributed by atoms with van der Waals surface area (Å²) in [4.78, 5) is 44.4. The molecule has 0 aliphatic carbocycles. The molecular weight excluding hydrogens is 973 g/mol. The van der Waals surface area contributed by atoms with Crippen molar-refractivity contribution in [3.05, 3.63) is 254 Å². The number of nitrogens with zero attached hydrogens (tertiary/aromatic N) is 10. The summed E-state index contributed by atoms with van der Waals surface area (Å²) in [6, 6.07) is 82.1. The molecule has 13 rings (SSSR count). The number of rotatable bonds is 11. The van der Waals surface area contributed by atoms with E-state index in [0.29, 0.717) is 52.4 Å². The highest BCUT2D eigenvalue weighted by Crippen LogP contribution is 2.40. The fourth-order valence-corrected chi connectivity index (χ4v) is 15.9. The molecule has 0 aliphatic rings. The Kier molecular flexibility index (Phi) is 12.2. The molecule has 13 aromatic rings. The molecule has 4 heterocycles. The monoisotopic (exact) mass is 1020 g/mol. The second kappa shape index (κ2) is 19.9. The van der Waals surface area contributed by atoms with Crippen LogP contribution in [0.1, 0.15) is 23.3 Å². The van der Waals surface area contributed by atoms with Crippen molar-refractivity contribution in [3.8, 4) is 73.8 Å².